The van der Waals surface area contributed by atoms with Crippen LogP contribution < -0.4 is 15.6 Å². The Morgan fingerprint density at radius 2 is 2.40 bits per heavy atom. The largest absolute Gasteiger partial charge is 0.403 e. The Bertz CT molecular complexity index is 320. The van der Waals surface area contributed by atoms with Gasteiger partial charge in [-0.25, -0.2) is 4.98 Å². The molecule has 2 nitrogen and oxygen atoms in total. The maximum absolute atomic E-state index is 5.34. The average molecular weight is 154 g/mol. The van der Waals surface area contributed by atoms with Crippen LogP contribution in [0.1, 0.15) is 13.8 Å². The number of nitrogens with zero attached hydrogens (tertiary/aromatic N) is 1. The van der Waals surface area contributed by atoms with Crippen LogP contribution in [0.15, 0.2) is 5.51 Å². The van der Waals surface area contributed by atoms with Crippen LogP contribution in [-0.2, 0) is 0 Å². The fourth-order valence-corrected chi connectivity index (χ4v) is 1.50. The molecule has 3 heteroatoms. The molecule has 0 aromatic carbocycles. The van der Waals surface area contributed by atoms with Gasteiger partial charge in [-0.15, -0.1) is 11.3 Å². The molecular formula is C7H10N2S. The van der Waals surface area contributed by atoms with E-state index in [0.29, 0.717) is 0 Å². The number of hydrogen-bond acceptors (Lipinski definition) is 3. The molecule has 0 saturated carbocycles. The first-order valence-electron chi connectivity index (χ1n) is 3.04. The molecule has 1 rings (SSSR count). The molecule has 0 atom stereocenters. The zero-order valence-electron chi connectivity index (χ0n) is 6.09. The van der Waals surface area contributed by atoms with E-state index in [1.165, 1.54) is 10.1 Å². The van der Waals surface area contributed by atoms with Crippen molar-refractivity contribution in [2.75, 3.05) is 0 Å². The van der Waals surface area contributed by atoms with Gasteiger partial charge in [0, 0.05) is 6.20 Å². The van der Waals surface area contributed by atoms with E-state index in [1.807, 2.05) is 0 Å². The Morgan fingerprint density at radius 1 is 1.70 bits per heavy atom. The van der Waals surface area contributed by atoms with Crippen molar-refractivity contribution in [2.45, 2.75) is 13.8 Å². The van der Waals surface area contributed by atoms with Crippen molar-refractivity contribution in [1.29, 1.82) is 0 Å². The van der Waals surface area contributed by atoms with Crippen LogP contribution in [-0.4, -0.2) is 4.98 Å². The van der Waals surface area contributed by atoms with E-state index in [9.17, 15) is 0 Å². The smallest absolute Gasteiger partial charge is 0.0965 e. The molecule has 2 N–H and O–H groups in total. The van der Waals surface area contributed by atoms with E-state index in [2.05, 4.69) is 18.8 Å². The fraction of sp³-hybridized carbons (Fsp3) is 0.286. The third kappa shape index (κ3) is 1.19. The van der Waals surface area contributed by atoms with E-state index in [-0.39, 0.29) is 0 Å². The second-order valence-corrected chi connectivity index (χ2v) is 3.09. The van der Waals surface area contributed by atoms with Crippen LogP contribution in [0.3, 0.4) is 0 Å². The summed E-state index contributed by atoms with van der Waals surface area (Å²) in [4.78, 5) is 4.07. The Balaban J connectivity index is 3.59. The molecule has 0 spiro atoms. The molecule has 1 aromatic heterocycles. The Kier molecular flexibility index (Phi) is 2.06. The van der Waals surface area contributed by atoms with Gasteiger partial charge in [0.2, 0.25) is 0 Å². The van der Waals surface area contributed by atoms with Crippen molar-refractivity contribution in [3.63, 3.8) is 0 Å². The van der Waals surface area contributed by atoms with Gasteiger partial charge in [0.25, 0.3) is 0 Å². The molecule has 1 heterocycles. The minimum absolute atomic E-state index is 0.894. The van der Waals surface area contributed by atoms with Gasteiger partial charge in [0.15, 0.2) is 0 Å². The first-order valence-corrected chi connectivity index (χ1v) is 3.92. The fourth-order valence-electron chi connectivity index (χ4n) is 0.748. The summed E-state index contributed by atoms with van der Waals surface area (Å²) >= 11 is 1.62. The van der Waals surface area contributed by atoms with E-state index in [1.54, 1.807) is 23.0 Å². The molecule has 1 aromatic rings. The highest BCUT2D eigenvalue weighted by molar-refractivity contribution is 7.07. The second kappa shape index (κ2) is 2.84. The highest BCUT2D eigenvalue weighted by atomic mass is 32.1. The Morgan fingerprint density at radius 3 is 2.80 bits per heavy atom. The lowest BCUT2D eigenvalue weighted by Gasteiger charge is -1.81. The molecule has 0 amide bonds. The zero-order chi connectivity index (χ0) is 7.56. The standard InChI is InChI=1S/C7H10N2S/c1-5(2)7-6(3-8)9-4-10-7/h3-4H,8H2,1-2H3/b6-3+. The summed E-state index contributed by atoms with van der Waals surface area (Å²) < 4.78 is 1.18. The van der Waals surface area contributed by atoms with Gasteiger partial charge in [-0.1, -0.05) is 5.57 Å². The Labute approximate surface area is 63.7 Å². The second-order valence-electron chi connectivity index (χ2n) is 2.23. The van der Waals surface area contributed by atoms with Crippen molar-refractivity contribution in [2.24, 2.45) is 5.73 Å². The summed E-state index contributed by atoms with van der Waals surface area (Å²) in [5.41, 5.74) is 8.41. The molecule has 0 bridgehead atoms. The molecule has 0 radical (unpaired) electrons. The highest BCUT2D eigenvalue weighted by Crippen LogP contribution is 1.85. The lowest BCUT2D eigenvalue weighted by Crippen LogP contribution is -2.23. The third-order valence-electron chi connectivity index (χ3n) is 1.21. The van der Waals surface area contributed by atoms with Crippen molar-refractivity contribution < 1.29 is 0 Å². The van der Waals surface area contributed by atoms with E-state index >= 15 is 0 Å². The van der Waals surface area contributed by atoms with Crippen molar-refractivity contribution >= 4 is 23.1 Å². The van der Waals surface area contributed by atoms with Gasteiger partial charge in [-0.2, -0.15) is 0 Å². The number of nitrogens with two attached hydrogens (primary N) is 1. The number of thiazole rings is 1. The minimum Gasteiger partial charge on any atom is -0.403 e. The molecule has 0 saturated heterocycles. The van der Waals surface area contributed by atoms with Gasteiger partial charge in [-0.05, 0) is 13.8 Å². The van der Waals surface area contributed by atoms with Crippen LogP contribution >= 0.6 is 11.3 Å². The summed E-state index contributed by atoms with van der Waals surface area (Å²) in [7, 11) is 0. The van der Waals surface area contributed by atoms with E-state index in [4.69, 9.17) is 5.73 Å². The van der Waals surface area contributed by atoms with Gasteiger partial charge < -0.3 is 5.73 Å². The maximum atomic E-state index is 5.34. The maximum Gasteiger partial charge on any atom is 0.0965 e. The highest BCUT2D eigenvalue weighted by Gasteiger charge is 1.88. The van der Waals surface area contributed by atoms with Crippen molar-refractivity contribution in [1.82, 2.24) is 4.98 Å². The SMILES string of the molecule is CC(C)=c1scn/c1=C/N. The minimum atomic E-state index is 0.894. The van der Waals surface area contributed by atoms with Crippen LogP contribution in [0.5, 0.6) is 0 Å². The van der Waals surface area contributed by atoms with Crippen molar-refractivity contribution in [3.8, 4) is 0 Å². The molecule has 0 aliphatic carbocycles. The summed E-state index contributed by atoms with van der Waals surface area (Å²) in [6.07, 6.45) is 1.54. The molecule has 54 valence electrons. The van der Waals surface area contributed by atoms with E-state index in [0.717, 1.165) is 5.35 Å². The molecule has 0 aliphatic heterocycles. The van der Waals surface area contributed by atoms with Crippen LogP contribution in [0.4, 0.5) is 0 Å². The first-order chi connectivity index (χ1) is 4.75. The predicted molar refractivity (Wildman–Crippen MR) is 44.8 cm³/mol. The summed E-state index contributed by atoms with van der Waals surface area (Å²) in [6.45, 7) is 4.11. The molecule has 0 aliphatic rings. The molecule has 0 unspecified atom stereocenters. The average Bonchev–Trinajstić information content (AvgIpc) is 2.33. The van der Waals surface area contributed by atoms with Crippen LogP contribution in [0.25, 0.3) is 11.8 Å². The summed E-state index contributed by atoms with van der Waals surface area (Å²) in [5, 5.41) is 0.894. The lowest BCUT2D eigenvalue weighted by atomic mass is 10.3. The quantitative estimate of drug-likeness (QED) is 0.572. The molecule has 0 fully saturated rings. The monoisotopic (exact) mass is 154 g/mol. The lowest BCUT2D eigenvalue weighted by molar-refractivity contribution is 1.29. The van der Waals surface area contributed by atoms with Gasteiger partial charge in [-0.3, -0.25) is 0 Å². The van der Waals surface area contributed by atoms with Crippen LogP contribution in [0.2, 0.25) is 0 Å². The normalized spacial score (nSPS) is 12.0. The van der Waals surface area contributed by atoms with Crippen LogP contribution in [0, 0.1) is 0 Å². The molecule has 10 heavy (non-hydrogen) atoms. The van der Waals surface area contributed by atoms with Gasteiger partial charge in [0.05, 0.1) is 15.4 Å². The number of aromatic nitrogens is 1. The number of rotatable bonds is 0. The summed E-state index contributed by atoms with van der Waals surface area (Å²) in [6, 6.07) is 0. The van der Waals surface area contributed by atoms with Gasteiger partial charge in [0.1, 0.15) is 0 Å². The van der Waals surface area contributed by atoms with Crippen molar-refractivity contribution in [3.05, 3.63) is 15.4 Å². The first kappa shape index (κ1) is 7.28. The topological polar surface area (TPSA) is 38.9 Å². The molecular weight excluding hydrogens is 144 g/mol. The predicted octanol–water partition coefficient (Wildman–Crippen LogP) is 0.0303. The van der Waals surface area contributed by atoms with Gasteiger partial charge >= 0.3 is 0 Å². The number of hydrogen-bond donors (Lipinski definition) is 1. The third-order valence-corrected chi connectivity index (χ3v) is 2.27. The Hall–Kier alpha value is -0.830. The zero-order valence-corrected chi connectivity index (χ0v) is 6.90. The van der Waals surface area contributed by atoms with E-state index < -0.39 is 0 Å². The summed E-state index contributed by atoms with van der Waals surface area (Å²) in [5.74, 6) is 0.